The molecule has 0 aliphatic heterocycles. The first-order valence-electron chi connectivity index (χ1n) is 9.87. The fourth-order valence-corrected chi connectivity index (χ4v) is 3.51. The smallest absolute Gasteiger partial charge is 0.277 e. The molecule has 0 radical (unpaired) electrons. The van der Waals surface area contributed by atoms with E-state index < -0.39 is 11.5 Å². The van der Waals surface area contributed by atoms with Gasteiger partial charge in [0.2, 0.25) is 5.91 Å². The molecule has 0 saturated carbocycles. The summed E-state index contributed by atoms with van der Waals surface area (Å²) < 4.78 is 23.2. The van der Waals surface area contributed by atoms with Gasteiger partial charge in [0.25, 0.3) is 11.5 Å². The van der Waals surface area contributed by atoms with Gasteiger partial charge in [0.1, 0.15) is 11.5 Å². The zero-order valence-corrected chi connectivity index (χ0v) is 19.1. The van der Waals surface area contributed by atoms with Crippen LogP contribution >= 0.6 is 11.8 Å². The van der Waals surface area contributed by atoms with E-state index in [0.29, 0.717) is 11.5 Å². The number of methoxy groups -OCH3 is 2. The maximum absolute atomic E-state index is 12.9. The normalized spacial score (nSPS) is 10.4. The average molecular weight is 488 g/mol. The molecule has 0 aliphatic carbocycles. The number of hydrogen-bond acceptors (Lipinski definition) is 8. The predicted molar refractivity (Wildman–Crippen MR) is 126 cm³/mol. The highest BCUT2D eigenvalue weighted by molar-refractivity contribution is 7.99. The van der Waals surface area contributed by atoms with Crippen molar-refractivity contribution in [2.24, 2.45) is 0 Å². The number of benzene rings is 2. The van der Waals surface area contributed by atoms with Crippen molar-refractivity contribution < 1.29 is 23.5 Å². The summed E-state index contributed by atoms with van der Waals surface area (Å²) >= 11 is 0.966. The number of aromatic nitrogens is 2. The van der Waals surface area contributed by atoms with E-state index in [1.165, 1.54) is 38.5 Å². The topological polar surface area (TPSA) is 148 Å². The summed E-state index contributed by atoms with van der Waals surface area (Å²) in [6, 6.07) is 10.3. The van der Waals surface area contributed by atoms with Crippen molar-refractivity contribution in [2.45, 2.75) is 11.7 Å². The molecule has 5 N–H and O–H groups in total. The number of hydrogen-bond donors (Lipinski definition) is 4. The summed E-state index contributed by atoms with van der Waals surface area (Å²) in [5.41, 5.74) is 5.94. The molecule has 10 nitrogen and oxygen atoms in total. The van der Waals surface area contributed by atoms with Crippen molar-refractivity contribution in [3.05, 3.63) is 69.8 Å². The van der Waals surface area contributed by atoms with Crippen LogP contribution in [0.5, 0.6) is 11.5 Å². The number of anilines is 2. The van der Waals surface area contributed by atoms with Crippen LogP contribution in [0.15, 0.2) is 52.4 Å². The number of halogens is 1. The Labute approximate surface area is 198 Å². The maximum Gasteiger partial charge on any atom is 0.277 e. The molecule has 1 aromatic heterocycles. The third-order valence-corrected chi connectivity index (χ3v) is 5.43. The van der Waals surface area contributed by atoms with E-state index in [0.717, 1.165) is 17.3 Å². The highest BCUT2D eigenvalue weighted by Crippen LogP contribution is 2.28. The van der Waals surface area contributed by atoms with Gasteiger partial charge in [-0.05, 0) is 35.9 Å². The number of thioether (sulfide) groups is 1. The van der Waals surface area contributed by atoms with E-state index in [-0.39, 0.29) is 46.2 Å². The van der Waals surface area contributed by atoms with E-state index >= 15 is 0 Å². The lowest BCUT2D eigenvalue weighted by atomic mass is 10.2. The molecule has 2 amide bonds. The van der Waals surface area contributed by atoms with Crippen LogP contribution < -0.4 is 31.4 Å². The molecule has 3 rings (SSSR count). The zero-order valence-electron chi connectivity index (χ0n) is 18.3. The Morgan fingerprint density at radius 1 is 1.12 bits per heavy atom. The number of nitrogen functional groups attached to an aromatic ring is 1. The number of nitrogens with two attached hydrogens (primary N) is 1. The van der Waals surface area contributed by atoms with Gasteiger partial charge >= 0.3 is 0 Å². The van der Waals surface area contributed by atoms with Crippen LogP contribution in [-0.2, 0) is 11.3 Å². The van der Waals surface area contributed by atoms with Crippen molar-refractivity contribution in [3.8, 4) is 11.5 Å². The summed E-state index contributed by atoms with van der Waals surface area (Å²) in [5.74, 6) is -0.725. The van der Waals surface area contributed by atoms with Crippen molar-refractivity contribution >= 4 is 35.1 Å². The first kappa shape index (κ1) is 24.6. The van der Waals surface area contributed by atoms with Gasteiger partial charge in [-0.2, -0.15) is 0 Å². The van der Waals surface area contributed by atoms with Gasteiger partial charge in [0.15, 0.2) is 22.5 Å². The predicted octanol–water partition coefficient (Wildman–Crippen LogP) is 2.17. The summed E-state index contributed by atoms with van der Waals surface area (Å²) in [6.45, 7) is 0.229. The number of amides is 2. The Morgan fingerprint density at radius 3 is 2.47 bits per heavy atom. The molecule has 0 saturated heterocycles. The molecule has 0 atom stereocenters. The third-order valence-electron chi connectivity index (χ3n) is 4.55. The molecule has 0 bridgehead atoms. The van der Waals surface area contributed by atoms with Gasteiger partial charge in [-0.3, -0.25) is 19.4 Å². The Balaban J connectivity index is 1.61. The fourth-order valence-electron chi connectivity index (χ4n) is 2.81. The van der Waals surface area contributed by atoms with Crippen LogP contribution in [0.3, 0.4) is 0 Å². The number of ether oxygens (including phenoxy) is 2. The van der Waals surface area contributed by atoms with Gasteiger partial charge in [-0.25, -0.2) is 9.37 Å². The number of carbonyl (C=O) groups excluding carboxylic acids is 2. The van der Waals surface area contributed by atoms with Gasteiger partial charge in [-0.1, -0.05) is 23.9 Å². The molecular weight excluding hydrogens is 465 g/mol. The SMILES string of the molecule is COc1ccc(C(=O)Nc2c(N)nc(SCC(=O)NCc3ccc(F)cc3)[nH]c2=O)cc1OC. The highest BCUT2D eigenvalue weighted by atomic mass is 32.2. The van der Waals surface area contributed by atoms with Gasteiger partial charge in [0.05, 0.1) is 20.0 Å². The van der Waals surface area contributed by atoms with E-state index in [9.17, 15) is 18.8 Å². The second-order valence-electron chi connectivity index (χ2n) is 6.85. The van der Waals surface area contributed by atoms with Crippen LogP contribution in [-0.4, -0.2) is 41.8 Å². The van der Waals surface area contributed by atoms with Crippen LogP contribution in [0, 0.1) is 5.82 Å². The minimum absolute atomic E-state index is 0.0408. The molecule has 0 aliphatic rings. The summed E-state index contributed by atoms with van der Waals surface area (Å²) in [4.78, 5) is 43.6. The Morgan fingerprint density at radius 2 is 1.82 bits per heavy atom. The lowest BCUT2D eigenvalue weighted by Crippen LogP contribution is -2.25. The molecule has 1 heterocycles. The minimum atomic E-state index is -0.671. The number of nitrogens with one attached hydrogen (secondary N) is 3. The lowest BCUT2D eigenvalue weighted by Gasteiger charge is -2.11. The maximum atomic E-state index is 12.9. The quantitative estimate of drug-likeness (QED) is 0.265. The Kier molecular flexibility index (Phi) is 8.09. The van der Waals surface area contributed by atoms with Gasteiger partial charge < -0.3 is 25.8 Å². The second kappa shape index (κ2) is 11.2. The van der Waals surface area contributed by atoms with Crippen molar-refractivity contribution in [1.29, 1.82) is 0 Å². The van der Waals surface area contributed by atoms with E-state index in [1.807, 2.05) is 0 Å². The van der Waals surface area contributed by atoms with Gasteiger partial charge in [-0.15, -0.1) is 0 Å². The van der Waals surface area contributed by atoms with Crippen LogP contribution in [0.2, 0.25) is 0 Å². The Bertz CT molecular complexity index is 1250. The summed E-state index contributed by atoms with van der Waals surface area (Å²) in [5, 5.41) is 5.23. The van der Waals surface area contributed by atoms with Crippen LogP contribution in [0.25, 0.3) is 0 Å². The minimum Gasteiger partial charge on any atom is -0.493 e. The lowest BCUT2D eigenvalue weighted by molar-refractivity contribution is -0.118. The molecule has 178 valence electrons. The number of aromatic amines is 1. The molecule has 2 aromatic carbocycles. The van der Waals surface area contributed by atoms with Crippen molar-refractivity contribution in [1.82, 2.24) is 15.3 Å². The molecule has 34 heavy (non-hydrogen) atoms. The molecular formula is C22H22FN5O5S. The zero-order chi connectivity index (χ0) is 24.7. The monoisotopic (exact) mass is 487 g/mol. The second-order valence-corrected chi connectivity index (χ2v) is 7.81. The molecule has 3 aromatic rings. The number of nitrogens with zero attached hydrogens (tertiary/aromatic N) is 1. The van der Waals surface area contributed by atoms with Crippen LogP contribution in [0.4, 0.5) is 15.9 Å². The molecule has 0 spiro atoms. The Hall–Kier alpha value is -4.06. The summed E-state index contributed by atoms with van der Waals surface area (Å²) in [7, 11) is 2.91. The van der Waals surface area contributed by atoms with Crippen molar-refractivity contribution in [3.63, 3.8) is 0 Å². The van der Waals surface area contributed by atoms with E-state index in [2.05, 4.69) is 20.6 Å². The molecule has 0 fully saturated rings. The number of carbonyl (C=O) groups is 2. The van der Waals surface area contributed by atoms with E-state index in [1.54, 1.807) is 18.2 Å². The highest BCUT2D eigenvalue weighted by Gasteiger charge is 2.16. The first-order chi connectivity index (χ1) is 16.3. The van der Waals surface area contributed by atoms with Crippen LogP contribution in [0.1, 0.15) is 15.9 Å². The molecule has 12 heteroatoms. The molecule has 0 unspecified atom stereocenters. The first-order valence-corrected chi connectivity index (χ1v) is 10.9. The largest absolute Gasteiger partial charge is 0.493 e. The number of H-pyrrole nitrogens is 1. The summed E-state index contributed by atoms with van der Waals surface area (Å²) in [6.07, 6.45) is 0. The van der Waals surface area contributed by atoms with Crippen molar-refractivity contribution in [2.75, 3.05) is 31.0 Å². The number of rotatable bonds is 9. The average Bonchev–Trinajstić information content (AvgIpc) is 2.84. The van der Waals surface area contributed by atoms with Gasteiger partial charge in [0, 0.05) is 12.1 Å². The standard InChI is InChI=1S/C22H22FN5O5S/c1-32-15-8-5-13(9-16(15)33-2)20(30)26-18-19(24)27-22(28-21(18)31)34-11-17(29)25-10-12-3-6-14(23)7-4-12/h3-9H,10-11H2,1-2H3,(H,25,29)(H,26,30)(H3,24,27,28,31). The fraction of sp³-hybridized carbons (Fsp3) is 0.182. The third kappa shape index (κ3) is 6.25. The van der Waals surface area contributed by atoms with E-state index in [4.69, 9.17) is 15.2 Å².